The minimum Gasteiger partial charge on any atom is -0.320 e. The van der Waals surface area contributed by atoms with Gasteiger partial charge in [-0.15, -0.1) is 10.2 Å². The summed E-state index contributed by atoms with van der Waals surface area (Å²) in [5.41, 5.74) is 0.804. The minimum absolute atomic E-state index is 0.321. The van der Waals surface area contributed by atoms with Gasteiger partial charge < -0.3 is 9.88 Å². The van der Waals surface area contributed by atoms with Gasteiger partial charge in [-0.3, -0.25) is 0 Å². The zero-order valence-electron chi connectivity index (χ0n) is 11.5. The fraction of sp³-hybridized carbons (Fsp3) is 0.400. The molecule has 0 spiro atoms. The highest BCUT2D eigenvalue weighted by molar-refractivity contribution is 5.36. The fourth-order valence-electron chi connectivity index (χ4n) is 2.78. The summed E-state index contributed by atoms with van der Waals surface area (Å²) in [5, 5.41) is 20.8. The van der Waals surface area contributed by atoms with Crippen molar-refractivity contribution in [3.05, 3.63) is 48.0 Å². The van der Waals surface area contributed by atoms with Gasteiger partial charge in [-0.2, -0.15) is 5.26 Å². The molecule has 20 heavy (non-hydrogen) atoms. The second-order valence-electron chi connectivity index (χ2n) is 5.40. The number of hydrogen-bond donors (Lipinski definition) is 1. The Balaban J connectivity index is 1.60. The van der Waals surface area contributed by atoms with Crippen LogP contribution in [-0.4, -0.2) is 20.8 Å². The number of rotatable bonds is 4. The Bertz CT molecular complexity index is 619. The zero-order chi connectivity index (χ0) is 14.0. The summed E-state index contributed by atoms with van der Waals surface area (Å²) in [6.45, 7) is 0.692. The molecule has 1 heterocycles. The van der Waals surface area contributed by atoms with Crippen LogP contribution < -0.4 is 5.32 Å². The molecule has 0 radical (unpaired) electrons. The monoisotopic (exact) mass is 267 g/mol. The molecule has 0 atom stereocenters. The van der Waals surface area contributed by atoms with E-state index < -0.39 is 0 Å². The average molecular weight is 267 g/mol. The first-order valence-electron chi connectivity index (χ1n) is 6.76. The zero-order valence-corrected chi connectivity index (χ0v) is 11.5. The van der Waals surface area contributed by atoms with Crippen molar-refractivity contribution in [3.8, 4) is 6.07 Å². The highest BCUT2D eigenvalue weighted by Crippen LogP contribution is 2.43. The van der Waals surface area contributed by atoms with Crippen molar-refractivity contribution in [1.82, 2.24) is 20.1 Å². The van der Waals surface area contributed by atoms with Gasteiger partial charge in [0.1, 0.15) is 12.2 Å². The molecule has 5 nitrogen and oxygen atoms in total. The molecule has 0 unspecified atom stereocenters. The normalized spacial score (nSPS) is 24.9. The highest BCUT2D eigenvalue weighted by atomic mass is 15.3. The van der Waals surface area contributed by atoms with Gasteiger partial charge in [-0.1, -0.05) is 30.3 Å². The molecule has 0 saturated heterocycles. The van der Waals surface area contributed by atoms with Gasteiger partial charge in [-0.25, -0.2) is 0 Å². The van der Waals surface area contributed by atoms with Crippen LogP contribution in [-0.2, 0) is 19.0 Å². The van der Waals surface area contributed by atoms with Crippen molar-refractivity contribution >= 4 is 0 Å². The minimum atomic E-state index is -0.321. The van der Waals surface area contributed by atoms with E-state index in [1.807, 2.05) is 41.9 Å². The summed E-state index contributed by atoms with van der Waals surface area (Å²) >= 11 is 0. The first-order chi connectivity index (χ1) is 9.73. The highest BCUT2D eigenvalue weighted by Gasteiger charge is 2.45. The summed E-state index contributed by atoms with van der Waals surface area (Å²) in [4.78, 5) is 0. The number of nitrogens with one attached hydrogen (secondary N) is 1. The number of aryl methyl sites for hydroxylation is 1. The van der Waals surface area contributed by atoms with Gasteiger partial charge in [0.15, 0.2) is 0 Å². The van der Waals surface area contributed by atoms with E-state index in [9.17, 15) is 5.26 Å². The molecule has 2 aromatic rings. The molecule has 1 fully saturated rings. The fourth-order valence-corrected chi connectivity index (χ4v) is 2.78. The number of nitrogens with zero attached hydrogens (tertiary/aromatic N) is 4. The van der Waals surface area contributed by atoms with E-state index in [1.165, 1.54) is 0 Å². The van der Waals surface area contributed by atoms with Gasteiger partial charge in [0.25, 0.3) is 0 Å². The van der Waals surface area contributed by atoms with Crippen molar-refractivity contribution in [3.63, 3.8) is 0 Å². The average Bonchev–Trinajstić information content (AvgIpc) is 2.84. The quantitative estimate of drug-likeness (QED) is 0.912. The molecule has 1 aromatic carbocycles. The third-order valence-corrected chi connectivity index (χ3v) is 4.08. The lowest BCUT2D eigenvalue weighted by molar-refractivity contribution is 0.224. The topological polar surface area (TPSA) is 66.5 Å². The third kappa shape index (κ3) is 2.19. The number of hydrogen-bond acceptors (Lipinski definition) is 4. The first-order valence-corrected chi connectivity index (χ1v) is 6.76. The maximum atomic E-state index is 9.50. The molecule has 102 valence electrons. The molecule has 0 amide bonds. The summed E-state index contributed by atoms with van der Waals surface area (Å²) in [6, 6.07) is 12.9. The number of aromatic nitrogens is 3. The van der Waals surface area contributed by atoms with Crippen LogP contribution in [0.25, 0.3) is 0 Å². The van der Waals surface area contributed by atoms with Gasteiger partial charge >= 0.3 is 0 Å². The lowest BCUT2D eigenvalue weighted by Gasteiger charge is -2.43. The predicted molar refractivity (Wildman–Crippen MR) is 74.6 cm³/mol. The van der Waals surface area contributed by atoms with Crippen LogP contribution in [0.5, 0.6) is 0 Å². The Kier molecular flexibility index (Phi) is 3.25. The summed E-state index contributed by atoms with van der Waals surface area (Å²) in [5.74, 6) is 0.916. The van der Waals surface area contributed by atoms with Gasteiger partial charge in [0.05, 0.1) is 18.0 Å². The van der Waals surface area contributed by atoms with Gasteiger partial charge in [0, 0.05) is 13.1 Å². The Morgan fingerprint density at radius 2 is 2.15 bits per heavy atom. The second-order valence-corrected chi connectivity index (χ2v) is 5.40. The summed E-state index contributed by atoms with van der Waals surface area (Å²) < 4.78 is 1.90. The van der Waals surface area contributed by atoms with E-state index in [-0.39, 0.29) is 5.41 Å². The molecule has 0 bridgehead atoms. The number of nitriles is 1. The molecule has 1 saturated carbocycles. The van der Waals surface area contributed by atoms with Crippen LogP contribution >= 0.6 is 0 Å². The molecule has 1 aliphatic rings. The summed E-state index contributed by atoms with van der Waals surface area (Å²) in [7, 11) is 1.93. The predicted octanol–water partition coefficient (Wildman–Crippen LogP) is 1.53. The van der Waals surface area contributed by atoms with Crippen molar-refractivity contribution in [2.75, 3.05) is 0 Å². The van der Waals surface area contributed by atoms with E-state index in [0.717, 1.165) is 24.2 Å². The maximum Gasteiger partial charge on any atom is 0.146 e. The van der Waals surface area contributed by atoms with Crippen LogP contribution in [0.3, 0.4) is 0 Å². The van der Waals surface area contributed by atoms with E-state index in [0.29, 0.717) is 12.6 Å². The Hall–Kier alpha value is -2.19. The Labute approximate surface area is 118 Å². The van der Waals surface area contributed by atoms with E-state index in [1.54, 1.807) is 6.33 Å². The molecule has 1 N–H and O–H groups in total. The van der Waals surface area contributed by atoms with E-state index in [4.69, 9.17) is 0 Å². The lowest BCUT2D eigenvalue weighted by Crippen LogP contribution is -2.50. The van der Waals surface area contributed by atoms with Crippen LogP contribution in [0.1, 0.15) is 24.2 Å². The Morgan fingerprint density at radius 1 is 1.40 bits per heavy atom. The van der Waals surface area contributed by atoms with Crippen LogP contribution in [0.15, 0.2) is 36.7 Å². The van der Waals surface area contributed by atoms with Crippen molar-refractivity contribution in [2.24, 2.45) is 7.05 Å². The Morgan fingerprint density at radius 3 is 2.75 bits per heavy atom. The molecular formula is C15H17N5. The molecule has 1 aromatic heterocycles. The van der Waals surface area contributed by atoms with Crippen molar-refractivity contribution in [1.29, 1.82) is 5.26 Å². The largest absolute Gasteiger partial charge is 0.320 e. The standard InChI is InChI=1S/C15H17N5/c1-20-11-18-19-14(20)9-17-13-7-15(8-13,10-16)12-5-3-2-4-6-12/h2-6,11,13,17H,7-9H2,1H3. The van der Waals surface area contributed by atoms with Crippen molar-refractivity contribution in [2.45, 2.75) is 30.8 Å². The van der Waals surface area contributed by atoms with E-state index >= 15 is 0 Å². The lowest BCUT2D eigenvalue weighted by atomic mass is 9.62. The summed E-state index contributed by atoms with van der Waals surface area (Å²) in [6.07, 6.45) is 3.40. The van der Waals surface area contributed by atoms with Crippen LogP contribution in [0.2, 0.25) is 0 Å². The third-order valence-electron chi connectivity index (χ3n) is 4.08. The van der Waals surface area contributed by atoms with Crippen LogP contribution in [0, 0.1) is 11.3 Å². The second kappa shape index (κ2) is 5.06. The van der Waals surface area contributed by atoms with E-state index in [2.05, 4.69) is 21.6 Å². The molecule has 3 rings (SSSR count). The number of benzene rings is 1. The van der Waals surface area contributed by atoms with Gasteiger partial charge in [-0.05, 0) is 18.4 Å². The van der Waals surface area contributed by atoms with Crippen molar-refractivity contribution < 1.29 is 0 Å². The van der Waals surface area contributed by atoms with Crippen LogP contribution in [0.4, 0.5) is 0 Å². The molecule has 1 aliphatic carbocycles. The molecule has 0 aliphatic heterocycles. The maximum absolute atomic E-state index is 9.50. The van der Waals surface area contributed by atoms with Gasteiger partial charge in [0.2, 0.25) is 0 Å². The smallest absolute Gasteiger partial charge is 0.146 e. The molecular weight excluding hydrogens is 250 g/mol. The molecule has 5 heteroatoms. The SMILES string of the molecule is Cn1cnnc1CNC1CC(C#N)(c2ccccc2)C1. The first kappa shape index (κ1) is 12.8.